The first-order valence-electron chi connectivity index (χ1n) is 8.02. The number of aromatic nitrogens is 2. The lowest BCUT2D eigenvalue weighted by molar-refractivity contribution is -0.131. The molecule has 2 aromatic rings. The lowest BCUT2D eigenvalue weighted by Gasteiger charge is -2.21. The van der Waals surface area contributed by atoms with Crippen molar-refractivity contribution < 1.29 is 4.79 Å². The Kier molecular flexibility index (Phi) is 4.16. The molecule has 0 aliphatic carbocycles. The van der Waals surface area contributed by atoms with Crippen LogP contribution in [0.3, 0.4) is 0 Å². The molecular formula is C17H24N4O. The summed E-state index contributed by atoms with van der Waals surface area (Å²) in [6, 6.07) is 6.40. The van der Waals surface area contributed by atoms with Crippen molar-refractivity contribution >= 4 is 16.9 Å². The zero-order valence-electron chi connectivity index (χ0n) is 13.3. The molecule has 1 aliphatic rings. The van der Waals surface area contributed by atoms with Crippen LogP contribution in [0.1, 0.15) is 31.2 Å². The summed E-state index contributed by atoms with van der Waals surface area (Å²) in [6.07, 6.45) is 2.18. The highest BCUT2D eigenvalue weighted by Gasteiger charge is 2.31. The fourth-order valence-electron chi connectivity index (χ4n) is 3.37. The van der Waals surface area contributed by atoms with Crippen molar-refractivity contribution in [2.75, 3.05) is 13.1 Å². The second-order valence-corrected chi connectivity index (χ2v) is 6.39. The predicted molar refractivity (Wildman–Crippen MR) is 87.5 cm³/mol. The van der Waals surface area contributed by atoms with Gasteiger partial charge in [-0.3, -0.25) is 4.79 Å². The number of benzene rings is 1. The van der Waals surface area contributed by atoms with E-state index in [2.05, 4.69) is 29.9 Å². The number of aromatic amines is 1. The van der Waals surface area contributed by atoms with Crippen molar-refractivity contribution in [3.05, 3.63) is 29.6 Å². The summed E-state index contributed by atoms with van der Waals surface area (Å²) >= 11 is 0. The Balaban J connectivity index is 1.64. The zero-order chi connectivity index (χ0) is 15.7. The van der Waals surface area contributed by atoms with Crippen molar-refractivity contribution in [2.45, 2.75) is 39.2 Å². The van der Waals surface area contributed by atoms with E-state index < -0.39 is 0 Å². The van der Waals surface area contributed by atoms with Crippen molar-refractivity contribution in [3.63, 3.8) is 0 Å². The number of para-hydroxylation sites is 1. The van der Waals surface area contributed by atoms with E-state index in [0.717, 1.165) is 35.4 Å². The molecule has 1 amide bonds. The number of nitrogens with zero attached hydrogens (tertiary/aromatic N) is 2. The average Bonchev–Trinajstić information content (AvgIpc) is 3.09. The van der Waals surface area contributed by atoms with E-state index in [-0.39, 0.29) is 5.91 Å². The van der Waals surface area contributed by atoms with E-state index >= 15 is 0 Å². The van der Waals surface area contributed by atoms with Gasteiger partial charge >= 0.3 is 0 Å². The minimum absolute atomic E-state index is 0.209. The van der Waals surface area contributed by atoms with Crippen molar-refractivity contribution in [1.82, 2.24) is 14.9 Å². The fraction of sp³-hybridized carbons (Fsp3) is 0.529. The number of nitrogens with two attached hydrogens (primary N) is 1. The highest BCUT2D eigenvalue weighted by Crippen LogP contribution is 2.23. The molecule has 2 heterocycles. The minimum Gasteiger partial charge on any atom is -0.342 e. The van der Waals surface area contributed by atoms with Gasteiger partial charge in [0.1, 0.15) is 5.82 Å². The summed E-state index contributed by atoms with van der Waals surface area (Å²) in [5.41, 5.74) is 8.93. The fourth-order valence-corrected chi connectivity index (χ4v) is 3.37. The van der Waals surface area contributed by atoms with Gasteiger partial charge in [-0.25, -0.2) is 4.98 Å². The van der Waals surface area contributed by atoms with Crippen LogP contribution in [0.2, 0.25) is 0 Å². The molecule has 2 unspecified atom stereocenters. The second kappa shape index (κ2) is 6.08. The summed E-state index contributed by atoms with van der Waals surface area (Å²) in [5.74, 6) is 1.55. The van der Waals surface area contributed by atoms with Crippen LogP contribution in [0.5, 0.6) is 0 Å². The van der Waals surface area contributed by atoms with E-state index in [9.17, 15) is 4.79 Å². The van der Waals surface area contributed by atoms with Crippen molar-refractivity contribution in [2.24, 2.45) is 11.7 Å². The van der Waals surface area contributed by atoms with Gasteiger partial charge in [-0.1, -0.05) is 12.1 Å². The van der Waals surface area contributed by atoms with Crippen LogP contribution in [0.25, 0.3) is 11.0 Å². The molecule has 1 aliphatic heterocycles. The monoisotopic (exact) mass is 300 g/mol. The maximum absolute atomic E-state index is 12.4. The first-order valence-corrected chi connectivity index (χ1v) is 8.02. The Morgan fingerprint density at radius 2 is 2.32 bits per heavy atom. The summed E-state index contributed by atoms with van der Waals surface area (Å²) in [7, 11) is 0. The first kappa shape index (κ1) is 15.0. The molecule has 3 N–H and O–H groups in total. The molecular weight excluding hydrogens is 276 g/mol. The number of likely N-dealkylation sites (tertiary alicyclic amines) is 1. The van der Waals surface area contributed by atoms with Gasteiger partial charge in [0.25, 0.3) is 0 Å². The van der Waals surface area contributed by atoms with Crippen LogP contribution in [0.15, 0.2) is 18.2 Å². The highest BCUT2D eigenvalue weighted by molar-refractivity contribution is 5.79. The number of H-pyrrole nitrogens is 1. The SMILES string of the molecule is Cc1cccc2[nH]c(CCC(=O)N3CC(CN)CC3C)nc12. The van der Waals surface area contributed by atoms with Gasteiger partial charge in [0, 0.05) is 25.4 Å². The summed E-state index contributed by atoms with van der Waals surface area (Å²) in [6.45, 7) is 5.63. The van der Waals surface area contributed by atoms with Crippen LogP contribution >= 0.6 is 0 Å². The summed E-state index contributed by atoms with van der Waals surface area (Å²) < 4.78 is 0. The number of hydrogen-bond donors (Lipinski definition) is 2. The molecule has 1 fully saturated rings. The smallest absolute Gasteiger partial charge is 0.223 e. The molecule has 3 rings (SSSR count). The van der Waals surface area contributed by atoms with Crippen LogP contribution in [0, 0.1) is 12.8 Å². The highest BCUT2D eigenvalue weighted by atomic mass is 16.2. The lowest BCUT2D eigenvalue weighted by atomic mass is 10.1. The van der Waals surface area contributed by atoms with E-state index in [4.69, 9.17) is 5.73 Å². The third-order valence-corrected chi connectivity index (χ3v) is 4.65. The maximum Gasteiger partial charge on any atom is 0.223 e. The van der Waals surface area contributed by atoms with E-state index in [1.165, 1.54) is 0 Å². The number of amides is 1. The van der Waals surface area contributed by atoms with E-state index in [0.29, 0.717) is 31.3 Å². The second-order valence-electron chi connectivity index (χ2n) is 6.39. The molecule has 118 valence electrons. The Morgan fingerprint density at radius 3 is 3.00 bits per heavy atom. The van der Waals surface area contributed by atoms with E-state index in [1.807, 2.05) is 17.0 Å². The molecule has 1 aromatic carbocycles. The van der Waals surface area contributed by atoms with Crippen LogP contribution in [-0.2, 0) is 11.2 Å². The zero-order valence-corrected chi connectivity index (χ0v) is 13.3. The standard InChI is InChI=1S/C17H24N4O/c1-11-4-3-5-14-17(11)20-15(19-14)6-7-16(22)21-10-13(9-18)8-12(21)2/h3-5,12-13H,6-10,18H2,1-2H3,(H,19,20). The minimum atomic E-state index is 0.209. The quantitative estimate of drug-likeness (QED) is 0.907. The Bertz CT molecular complexity index is 678. The molecule has 0 spiro atoms. The Labute approximate surface area is 130 Å². The molecule has 0 saturated carbocycles. The maximum atomic E-state index is 12.4. The molecule has 2 atom stereocenters. The Hall–Kier alpha value is -1.88. The summed E-state index contributed by atoms with van der Waals surface area (Å²) in [5, 5.41) is 0. The molecule has 1 saturated heterocycles. The van der Waals surface area contributed by atoms with E-state index in [1.54, 1.807) is 0 Å². The van der Waals surface area contributed by atoms with Crippen molar-refractivity contribution in [1.29, 1.82) is 0 Å². The number of carbonyl (C=O) groups excluding carboxylic acids is 1. The molecule has 1 aromatic heterocycles. The van der Waals surface area contributed by atoms with Crippen LogP contribution in [0.4, 0.5) is 0 Å². The summed E-state index contributed by atoms with van der Waals surface area (Å²) in [4.78, 5) is 22.3. The van der Waals surface area contributed by atoms with Gasteiger partial charge in [-0.15, -0.1) is 0 Å². The van der Waals surface area contributed by atoms with Gasteiger partial charge < -0.3 is 15.6 Å². The Morgan fingerprint density at radius 1 is 1.50 bits per heavy atom. The number of carbonyl (C=O) groups is 1. The number of aryl methyl sites for hydroxylation is 2. The van der Waals surface area contributed by atoms with Crippen LogP contribution in [-0.4, -0.2) is 39.9 Å². The van der Waals surface area contributed by atoms with Gasteiger partial charge in [-0.05, 0) is 44.4 Å². The predicted octanol–water partition coefficient (Wildman–Crippen LogP) is 2.00. The van der Waals surface area contributed by atoms with Crippen LogP contribution < -0.4 is 5.73 Å². The number of imidazole rings is 1. The molecule has 22 heavy (non-hydrogen) atoms. The number of hydrogen-bond acceptors (Lipinski definition) is 3. The third-order valence-electron chi connectivity index (χ3n) is 4.65. The normalized spacial score (nSPS) is 21.7. The van der Waals surface area contributed by atoms with Gasteiger partial charge in [0.05, 0.1) is 11.0 Å². The molecule has 5 heteroatoms. The first-order chi connectivity index (χ1) is 10.6. The largest absolute Gasteiger partial charge is 0.342 e. The van der Waals surface area contributed by atoms with Gasteiger partial charge in [-0.2, -0.15) is 0 Å². The van der Waals surface area contributed by atoms with Gasteiger partial charge in [0.2, 0.25) is 5.91 Å². The number of fused-ring (bicyclic) bond motifs is 1. The topological polar surface area (TPSA) is 75.0 Å². The third kappa shape index (κ3) is 2.86. The molecule has 0 bridgehead atoms. The average molecular weight is 300 g/mol. The molecule has 0 radical (unpaired) electrons. The number of nitrogens with one attached hydrogen (secondary N) is 1. The van der Waals surface area contributed by atoms with Gasteiger partial charge in [0.15, 0.2) is 0 Å². The number of rotatable bonds is 4. The van der Waals surface area contributed by atoms with Crippen molar-refractivity contribution in [3.8, 4) is 0 Å². The lowest BCUT2D eigenvalue weighted by Crippen LogP contribution is -2.34. The molecule has 5 nitrogen and oxygen atoms in total.